The van der Waals surface area contributed by atoms with Crippen molar-refractivity contribution in [2.24, 2.45) is 0 Å². The first-order valence-corrected chi connectivity index (χ1v) is 3.70. The highest BCUT2D eigenvalue weighted by atomic mass is 16.6. The van der Waals surface area contributed by atoms with Gasteiger partial charge in [0.1, 0.15) is 6.26 Å². The minimum absolute atomic E-state index is 0.102. The summed E-state index contributed by atoms with van der Waals surface area (Å²) in [5, 5.41) is 4.04. The summed E-state index contributed by atoms with van der Waals surface area (Å²) >= 11 is 0. The number of hydrogen-bond donors (Lipinski definition) is 1. The fourth-order valence-corrected chi connectivity index (χ4v) is 1.09. The molecule has 5 heteroatoms. The van der Waals surface area contributed by atoms with E-state index < -0.39 is 0 Å². The van der Waals surface area contributed by atoms with Gasteiger partial charge in [-0.15, -0.1) is 5.48 Å². The lowest BCUT2D eigenvalue weighted by atomic mass is 10.1. The van der Waals surface area contributed by atoms with Crippen LogP contribution in [0.3, 0.4) is 0 Å². The highest BCUT2D eigenvalue weighted by Crippen LogP contribution is 2.16. The monoisotopic (exact) mass is 161 g/mol. The molecule has 1 aromatic heterocycles. The first-order chi connectivity index (χ1) is 5.90. The Bertz CT molecular complexity index is 297. The van der Waals surface area contributed by atoms with Gasteiger partial charge >= 0.3 is 0 Å². The fraction of sp³-hybridized carbons (Fsp3) is 0.286. The van der Waals surface area contributed by atoms with Gasteiger partial charge in [0, 0.05) is 18.2 Å². The second-order valence-electron chi connectivity index (χ2n) is 2.54. The molecule has 0 saturated carbocycles. The van der Waals surface area contributed by atoms with Gasteiger partial charge in [0.25, 0.3) is 0 Å². The topological polar surface area (TPSA) is 39.1 Å². The van der Waals surface area contributed by atoms with Crippen LogP contribution in [0.25, 0.3) is 0 Å². The van der Waals surface area contributed by atoms with E-state index in [1.165, 1.54) is 0 Å². The van der Waals surface area contributed by atoms with Crippen LogP contribution in [0.1, 0.15) is 11.6 Å². The fourth-order valence-electron chi connectivity index (χ4n) is 1.09. The lowest BCUT2D eigenvalue weighted by Gasteiger charge is -2.02. The molecule has 0 fully saturated rings. The summed E-state index contributed by atoms with van der Waals surface area (Å²) in [4.78, 5) is 4.86. The lowest BCUT2D eigenvalue weighted by Crippen LogP contribution is -2.11. The average Bonchev–Trinajstić information content (AvgIpc) is 2.75. The molecule has 0 amide bonds. The molecule has 1 atom stereocenters. The predicted molar refractivity (Wildman–Crippen MR) is 44.1 cm³/mol. The van der Waals surface area contributed by atoms with Gasteiger partial charge in [0.15, 0.2) is 0 Å². The van der Waals surface area contributed by atoms with Crippen molar-refractivity contribution in [1.82, 2.24) is 15.3 Å². The van der Waals surface area contributed by atoms with E-state index in [9.17, 15) is 0 Å². The van der Waals surface area contributed by atoms with Crippen molar-refractivity contribution in [3.63, 3.8) is 0 Å². The third kappa shape index (κ3) is 1.23. The number of nitrogens with zero attached hydrogens (tertiary/aromatic N) is 2. The number of rotatable bonds is 2. The smallest absolute Gasteiger partial charge is 0.109 e. The quantitative estimate of drug-likeness (QED) is 0.625. The van der Waals surface area contributed by atoms with Crippen LogP contribution in [-0.4, -0.2) is 17.6 Å². The van der Waals surface area contributed by atoms with E-state index in [0.29, 0.717) is 6.44 Å². The Hall–Kier alpha value is -1.23. The van der Waals surface area contributed by atoms with Gasteiger partial charge < -0.3 is 4.84 Å². The highest BCUT2D eigenvalue weighted by molar-refractivity contribution is 6.06. The predicted octanol–water partition coefficient (Wildman–Crippen LogP) is 0.0987. The van der Waals surface area contributed by atoms with Crippen molar-refractivity contribution in [2.45, 2.75) is 12.5 Å². The van der Waals surface area contributed by atoms with Crippen LogP contribution in [0, 0.1) is 0 Å². The summed E-state index contributed by atoms with van der Waals surface area (Å²) in [5.74, 6) is 0. The van der Waals surface area contributed by atoms with E-state index in [0.717, 1.165) is 5.56 Å². The summed E-state index contributed by atoms with van der Waals surface area (Å²) in [6, 6.07) is 0.102. The van der Waals surface area contributed by atoms with Gasteiger partial charge in [-0.1, -0.05) is 0 Å². The van der Waals surface area contributed by atoms with Crippen molar-refractivity contribution in [1.29, 1.82) is 0 Å². The summed E-state index contributed by atoms with van der Waals surface area (Å²) in [6.45, 7) is 0. The zero-order valence-corrected chi connectivity index (χ0v) is 6.47. The van der Waals surface area contributed by atoms with Gasteiger partial charge in [-0.05, 0) is 6.08 Å². The Morgan fingerprint density at radius 1 is 1.75 bits per heavy atom. The van der Waals surface area contributed by atoms with Crippen LogP contribution in [0.4, 0.5) is 0 Å². The molecule has 0 aromatic carbocycles. The average molecular weight is 161 g/mol. The molecule has 1 aliphatic heterocycles. The third-order valence-electron chi connectivity index (χ3n) is 1.73. The van der Waals surface area contributed by atoms with Crippen LogP contribution in [-0.2, 0) is 11.3 Å². The second-order valence-corrected chi connectivity index (χ2v) is 2.54. The Morgan fingerprint density at radius 3 is 3.25 bits per heavy atom. The Balaban J connectivity index is 2.16. The first-order valence-electron chi connectivity index (χ1n) is 3.70. The third-order valence-corrected chi connectivity index (χ3v) is 1.73. The molecule has 12 heavy (non-hydrogen) atoms. The standard InChI is InChI=1S/C7H8BN3O/c8-5-11-4-6(3-9-11)7-1-2-12-10-7/h1-4,7,10H,5H2. The van der Waals surface area contributed by atoms with Gasteiger partial charge in [-0.2, -0.15) is 5.10 Å². The molecule has 4 nitrogen and oxygen atoms in total. The van der Waals surface area contributed by atoms with Crippen LogP contribution < -0.4 is 5.48 Å². The lowest BCUT2D eigenvalue weighted by molar-refractivity contribution is 0.142. The number of hydrogen-bond acceptors (Lipinski definition) is 3. The van der Waals surface area contributed by atoms with Crippen molar-refractivity contribution in [3.05, 3.63) is 30.3 Å². The van der Waals surface area contributed by atoms with E-state index in [2.05, 4.69) is 10.6 Å². The molecule has 1 N–H and O–H groups in total. The van der Waals surface area contributed by atoms with E-state index in [1.807, 2.05) is 12.3 Å². The van der Waals surface area contributed by atoms with Crippen LogP contribution in [0.2, 0.25) is 0 Å². The summed E-state index contributed by atoms with van der Waals surface area (Å²) in [6.07, 6.45) is 7.58. The number of nitrogens with one attached hydrogen (secondary N) is 1. The van der Waals surface area contributed by atoms with Crippen molar-refractivity contribution >= 4 is 7.85 Å². The number of hydroxylamine groups is 1. The molecule has 60 valence electrons. The van der Waals surface area contributed by atoms with Gasteiger partial charge in [-0.3, -0.25) is 4.68 Å². The largest absolute Gasteiger partial charge is 0.416 e. The Morgan fingerprint density at radius 2 is 2.67 bits per heavy atom. The molecule has 2 radical (unpaired) electrons. The molecular weight excluding hydrogens is 153 g/mol. The van der Waals surface area contributed by atoms with Gasteiger partial charge in [0.2, 0.25) is 0 Å². The van der Waals surface area contributed by atoms with E-state index in [-0.39, 0.29) is 6.04 Å². The minimum Gasteiger partial charge on any atom is -0.416 e. The van der Waals surface area contributed by atoms with E-state index in [1.54, 1.807) is 17.1 Å². The summed E-state index contributed by atoms with van der Waals surface area (Å²) in [5.41, 5.74) is 3.86. The summed E-state index contributed by atoms with van der Waals surface area (Å²) < 4.78 is 1.67. The molecule has 1 aromatic rings. The van der Waals surface area contributed by atoms with Crippen LogP contribution >= 0.6 is 0 Å². The van der Waals surface area contributed by atoms with Gasteiger partial charge in [0.05, 0.1) is 20.1 Å². The Labute approximate surface area is 71.6 Å². The highest BCUT2D eigenvalue weighted by Gasteiger charge is 2.13. The second kappa shape index (κ2) is 3.02. The van der Waals surface area contributed by atoms with Crippen molar-refractivity contribution in [3.8, 4) is 0 Å². The number of aromatic nitrogens is 2. The molecule has 0 saturated heterocycles. The SMILES string of the molecule is [B]Cn1cc(C2C=CON2)cn1. The van der Waals surface area contributed by atoms with Gasteiger partial charge in [-0.25, -0.2) is 0 Å². The first kappa shape index (κ1) is 7.43. The Kier molecular flexibility index (Phi) is 1.87. The maximum absolute atomic E-state index is 5.39. The molecule has 2 rings (SSSR count). The molecule has 1 aliphatic rings. The molecule has 1 unspecified atom stereocenters. The molecule has 0 aliphatic carbocycles. The van der Waals surface area contributed by atoms with Crippen molar-refractivity contribution in [2.75, 3.05) is 0 Å². The maximum atomic E-state index is 5.39. The van der Waals surface area contributed by atoms with Crippen LogP contribution in [0.15, 0.2) is 24.7 Å². The molecule has 2 heterocycles. The van der Waals surface area contributed by atoms with Crippen molar-refractivity contribution < 1.29 is 4.84 Å². The molecule has 0 spiro atoms. The normalized spacial score (nSPS) is 21.2. The molecule has 0 bridgehead atoms. The van der Waals surface area contributed by atoms with E-state index >= 15 is 0 Å². The van der Waals surface area contributed by atoms with Crippen LogP contribution in [0.5, 0.6) is 0 Å². The minimum atomic E-state index is 0.102. The zero-order chi connectivity index (χ0) is 8.39. The van der Waals surface area contributed by atoms with E-state index in [4.69, 9.17) is 12.7 Å². The molecular formula is C7H8BN3O. The maximum Gasteiger partial charge on any atom is 0.109 e. The summed E-state index contributed by atoms with van der Waals surface area (Å²) in [7, 11) is 5.39. The zero-order valence-electron chi connectivity index (χ0n) is 6.47.